The number of hydrogen-bond donors (Lipinski definition) is 0. The van der Waals surface area contributed by atoms with E-state index in [1.807, 2.05) is 24.3 Å². The topological polar surface area (TPSA) is 3.24 Å². The van der Waals surface area contributed by atoms with E-state index in [9.17, 15) is 0 Å². The first-order valence-corrected chi connectivity index (χ1v) is 6.11. The zero-order valence-corrected chi connectivity index (χ0v) is 10.3. The summed E-state index contributed by atoms with van der Waals surface area (Å²) in [4.78, 5) is 2.41. The molecule has 0 unspecified atom stereocenters. The van der Waals surface area contributed by atoms with Gasteiger partial charge < -0.3 is 0 Å². The maximum Gasteiger partial charge on any atom is 0.0605 e. The third kappa shape index (κ3) is 3.37. The fourth-order valence-electron chi connectivity index (χ4n) is 1.73. The van der Waals surface area contributed by atoms with Gasteiger partial charge in [-0.1, -0.05) is 27.8 Å². The van der Waals surface area contributed by atoms with Crippen LogP contribution in [0.1, 0.15) is 18.4 Å². The molecule has 0 saturated carbocycles. The summed E-state index contributed by atoms with van der Waals surface area (Å²) in [6, 6.07) is 8.14. The van der Waals surface area contributed by atoms with Gasteiger partial charge in [0.25, 0.3) is 0 Å². The summed E-state index contributed by atoms with van der Waals surface area (Å²) in [5.41, 5.74) is 1.09. The molecular formula is C13H14BrN. The van der Waals surface area contributed by atoms with E-state index in [1.165, 1.54) is 25.9 Å². The van der Waals surface area contributed by atoms with Crippen molar-refractivity contribution in [3.05, 3.63) is 34.3 Å². The van der Waals surface area contributed by atoms with Gasteiger partial charge in [-0.15, -0.1) is 0 Å². The lowest BCUT2D eigenvalue weighted by Crippen LogP contribution is -2.18. The van der Waals surface area contributed by atoms with Crippen LogP contribution in [0.3, 0.4) is 0 Å². The minimum atomic E-state index is 0.913. The van der Waals surface area contributed by atoms with Crippen LogP contribution >= 0.6 is 15.9 Å². The number of hydrogen-bond acceptors (Lipinski definition) is 1. The van der Waals surface area contributed by atoms with Gasteiger partial charge in [0, 0.05) is 10.0 Å². The molecule has 2 heteroatoms. The SMILES string of the molecule is Brc1ccc(C#CCN2CCCC2)cc1. The highest BCUT2D eigenvalue weighted by molar-refractivity contribution is 9.10. The quantitative estimate of drug-likeness (QED) is 0.705. The molecule has 2 rings (SSSR count). The lowest BCUT2D eigenvalue weighted by Gasteiger charge is -2.08. The molecule has 0 radical (unpaired) electrons. The molecule has 1 aliphatic rings. The number of likely N-dealkylation sites (tertiary alicyclic amines) is 1. The lowest BCUT2D eigenvalue weighted by atomic mass is 10.2. The minimum absolute atomic E-state index is 0.913. The maximum absolute atomic E-state index is 3.41. The van der Waals surface area contributed by atoms with E-state index in [0.717, 1.165) is 16.6 Å². The van der Waals surface area contributed by atoms with Crippen molar-refractivity contribution in [3.8, 4) is 11.8 Å². The Kier molecular flexibility index (Phi) is 3.82. The molecule has 1 saturated heterocycles. The summed E-state index contributed by atoms with van der Waals surface area (Å²) in [6.07, 6.45) is 2.67. The largest absolute Gasteiger partial charge is 0.292 e. The Morgan fingerprint density at radius 2 is 1.80 bits per heavy atom. The highest BCUT2D eigenvalue weighted by Gasteiger charge is 2.08. The molecule has 1 nitrogen and oxygen atoms in total. The molecule has 0 spiro atoms. The predicted molar refractivity (Wildman–Crippen MR) is 66.7 cm³/mol. The van der Waals surface area contributed by atoms with Gasteiger partial charge in [0.1, 0.15) is 0 Å². The van der Waals surface area contributed by atoms with Crippen molar-refractivity contribution in [3.63, 3.8) is 0 Å². The van der Waals surface area contributed by atoms with E-state index in [4.69, 9.17) is 0 Å². The van der Waals surface area contributed by atoms with E-state index in [-0.39, 0.29) is 0 Å². The summed E-state index contributed by atoms with van der Waals surface area (Å²) in [7, 11) is 0. The Hall–Kier alpha value is -0.780. The van der Waals surface area contributed by atoms with Gasteiger partial charge in [-0.3, -0.25) is 4.90 Å². The number of benzene rings is 1. The van der Waals surface area contributed by atoms with Crippen molar-refractivity contribution in [1.82, 2.24) is 4.90 Å². The third-order valence-corrected chi connectivity index (χ3v) is 3.11. The number of nitrogens with zero attached hydrogens (tertiary/aromatic N) is 1. The Morgan fingerprint density at radius 1 is 1.13 bits per heavy atom. The molecule has 0 bridgehead atoms. The van der Waals surface area contributed by atoms with Gasteiger partial charge >= 0.3 is 0 Å². The second kappa shape index (κ2) is 5.34. The van der Waals surface area contributed by atoms with Crippen LogP contribution in [-0.4, -0.2) is 24.5 Å². The van der Waals surface area contributed by atoms with Crippen molar-refractivity contribution in [1.29, 1.82) is 0 Å². The van der Waals surface area contributed by atoms with Crippen LogP contribution in [0.2, 0.25) is 0 Å². The van der Waals surface area contributed by atoms with Gasteiger partial charge in [0.2, 0.25) is 0 Å². The molecule has 1 heterocycles. The summed E-state index contributed by atoms with van der Waals surface area (Å²) in [5, 5.41) is 0. The molecule has 0 N–H and O–H groups in total. The smallest absolute Gasteiger partial charge is 0.0605 e. The first-order valence-electron chi connectivity index (χ1n) is 5.31. The van der Waals surface area contributed by atoms with Crippen molar-refractivity contribution in [2.75, 3.05) is 19.6 Å². The van der Waals surface area contributed by atoms with Crippen molar-refractivity contribution < 1.29 is 0 Å². The fourth-order valence-corrected chi connectivity index (χ4v) is 1.99. The molecule has 0 aromatic heterocycles. The molecule has 15 heavy (non-hydrogen) atoms. The molecule has 0 amide bonds. The molecule has 0 aliphatic carbocycles. The van der Waals surface area contributed by atoms with Crippen LogP contribution in [0.5, 0.6) is 0 Å². The Bertz CT molecular complexity index is 366. The van der Waals surface area contributed by atoms with Gasteiger partial charge in [0.05, 0.1) is 6.54 Å². The normalized spacial score (nSPS) is 16.1. The second-order valence-electron chi connectivity index (χ2n) is 3.79. The van der Waals surface area contributed by atoms with E-state index < -0.39 is 0 Å². The van der Waals surface area contributed by atoms with Crippen LogP contribution in [0.25, 0.3) is 0 Å². The predicted octanol–water partition coefficient (Wildman–Crippen LogP) is 2.90. The first kappa shape index (κ1) is 10.7. The highest BCUT2D eigenvalue weighted by atomic mass is 79.9. The monoisotopic (exact) mass is 263 g/mol. The van der Waals surface area contributed by atoms with Crippen molar-refractivity contribution in [2.24, 2.45) is 0 Å². The van der Waals surface area contributed by atoms with Crippen LogP contribution < -0.4 is 0 Å². The summed E-state index contributed by atoms with van der Waals surface area (Å²) < 4.78 is 1.10. The maximum atomic E-state index is 3.41. The number of rotatable bonds is 1. The Balaban J connectivity index is 1.90. The van der Waals surface area contributed by atoms with Crippen LogP contribution in [0.15, 0.2) is 28.7 Å². The van der Waals surface area contributed by atoms with Gasteiger partial charge in [-0.05, 0) is 50.2 Å². The van der Waals surface area contributed by atoms with Crippen molar-refractivity contribution >= 4 is 15.9 Å². The summed E-state index contributed by atoms with van der Waals surface area (Å²) in [5.74, 6) is 6.41. The second-order valence-corrected chi connectivity index (χ2v) is 4.71. The molecule has 0 atom stereocenters. The summed E-state index contributed by atoms with van der Waals surface area (Å²) in [6.45, 7) is 3.35. The van der Waals surface area contributed by atoms with Crippen molar-refractivity contribution in [2.45, 2.75) is 12.8 Å². The van der Waals surface area contributed by atoms with Gasteiger partial charge in [0.15, 0.2) is 0 Å². The standard InChI is InChI=1S/C13H14BrN/c14-13-7-5-12(6-8-13)4-3-11-15-9-1-2-10-15/h5-8H,1-2,9-11H2. The Morgan fingerprint density at radius 3 is 2.47 bits per heavy atom. The van der Waals surface area contributed by atoms with E-state index in [2.05, 4.69) is 32.7 Å². The third-order valence-electron chi connectivity index (χ3n) is 2.58. The van der Waals surface area contributed by atoms with Crippen LogP contribution in [0.4, 0.5) is 0 Å². The lowest BCUT2D eigenvalue weighted by molar-refractivity contribution is 0.383. The molecular weight excluding hydrogens is 250 g/mol. The molecule has 78 valence electrons. The van der Waals surface area contributed by atoms with Gasteiger partial charge in [-0.25, -0.2) is 0 Å². The number of halogens is 1. The zero-order valence-electron chi connectivity index (χ0n) is 8.67. The first-order chi connectivity index (χ1) is 7.34. The molecule has 1 aliphatic heterocycles. The van der Waals surface area contributed by atoms with E-state index in [1.54, 1.807) is 0 Å². The average Bonchev–Trinajstić information content (AvgIpc) is 2.74. The average molecular weight is 264 g/mol. The molecule has 1 fully saturated rings. The van der Waals surface area contributed by atoms with Crippen LogP contribution in [0, 0.1) is 11.8 Å². The molecule has 1 aromatic carbocycles. The van der Waals surface area contributed by atoms with Gasteiger partial charge in [-0.2, -0.15) is 0 Å². The molecule has 1 aromatic rings. The Labute approximate surface area is 99.6 Å². The summed E-state index contributed by atoms with van der Waals surface area (Å²) >= 11 is 3.41. The van der Waals surface area contributed by atoms with E-state index >= 15 is 0 Å². The van der Waals surface area contributed by atoms with Crippen LogP contribution in [-0.2, 0) is 0 Å². The highest BCUT2D eigenvalue weighted by Crippen LogP contribution is 2.09. The minimum Gasteiger partial charge on any atom is -0.292 e. The van der Waals surface area contributed by atoms with E-state index in [0.29, 0.717) is 0 Å². The zero-order chi connectivity index (χ0) is 10.5. The fraction of sp³-hybridized carbons (Fsp3) is 0.385.